The van der Waals surface area contributed by atoms with E-state index in [0.717, 1.165) is 37.4 Å². The number of para-hydroxylation sites is 1. The van der Waals surface area contributed by atoms with Crippen molar-refractivity contribution >= 4 is 59.7 Å². The molecule has 0 fully saturated rings. The van der Waals surface area contributed by atoms with E-state index in [1.165, 1.54) is 10.8 Å². The molecule has 0 saturated carbocycles. The largest absolute Gasteiger partial charge is 0.456 e. The van der Waals surface area contributed by atoms with Crippen LogP contribution in [-0.4, -0.2) is 4.98 Å². The minimum absolute atomic E-state index is 0.925. The number of aromatic amines is 1. The number of hydrogen-bond donors (Lipinski definition) is 1. The first-order valence-corrected chi connectivity index (χ1v) is 7.62. The number of rotatable bonds is 0. The molecule has 2 aromatic heterocycles. The van der Waals surface area contributed by atoms with Crippen LogP contribution < -0.4 is 0 Å². The molecule has 2 heterocycles. The Kier molecular flexibility index (Phi) is 2.11. The van der Waals surface area contributed by atoms with Crippen LogP contribution in [-0.2, 0) is 0 Å². The van der Waals surface area contributed by atoms with Gasteiger partial charge < -0.3 is 9.40 Å². The van der Waals surface area contributed by atoms with Gasteiger partial charge in [0.15, 0.2) is 0 Å². The summed E-state index contributed by atoms with van der Waals surface area (Å²) >= 11 is 3.53. The highest BCUT2D eigenvalue weighted by atomic mass is 79.9. The summed E-state index contributed by atoms with van der Waals surface area (Å²) in [5.74, 6) is 0. The molecule has 5 aromatic rings. The molecule has 0 atom stereocenters. The van der Waals surface area contributed by atoms with Crippen molar-refractivity contribution in [2.24, 2.45) is 0 Å². The van der Waals surface area contributed by atoms with Crippen molar-refractivity contribution in [2.75, 3.05) is 0 Å². The molecule has 0 radical (unpaired) electrons. The highest BCUT2D eigenvalue weighted by molar-refractivity contribution is 9.10. The fourth-order valence-electron chi connectivity index (χ4n) is 3.16. The maximum atomic E-state index is 5.95. The standard InChI is InChI=1S/C18H10BrNO/c19-10-5-6-11-12-7-8-16-17(18(12)20-14(11)9-10)13-3-1-2-4-15(13)21-16/h1-9,20H. The Hall–Kier alpha value is -2.26. The van der Waals surface area contributed by atoms with E-state index in [9.17, 15) is 0 Å². The summed E-state index contributed by atoms with van der Waals surface area (Å²) in [6.07, 6.45) is 0. The van der Waals surface area contributed by atoms with E-state index in [-0.39, 0.29) is 0 Å². The number of nitrogens with one attached hydrogen (secondary N) is 1. The van der Waals surface area contributed by atoms with Gasteiger partial charge in [-0.2, -0.15) is 0 Å². The van der Waals surface area contributed by atoms with Gasteiger partial charge in [-0.3, -0.25) is 0 Å². The molecule has 3 aromatic carbocycles. The van der Waals surface area contributed by atoms with Gasteiger partial charge in [0.05, 0.1) is 10.9 Å². The van der Waals surface area contributed by atoms with Crippen LogP contribution in [0.1, 0.15) is 0 Å². The molecule has 0 spiro atoms. The molecule has 0 unspecified atom stereocenters. The third-order valence-electron chi connectivity index (χ3n) is 4.07. The van der Waals surface area contributed by atoms with Crippen LogP contribution >= 0.6 is 15.9 Å². The molecule has 0 saturated heterocycles. The van der Waals surface area contributed by atoms with Gasteiger partial charge in [0.1, 0.15) is 11.2 Å². The fourth-order valence-corrected chi connectivity index (χ4v) is 3.52. The van der Waals surface area contributed by atoms with E-state index in [1.54, 1.807) is 0 Å². The summed E-state index contributed by atoms with van der Waals surface area (Å²) in [6.45, 7) is 0. The van der Waals surface area contributed by atoms with Crippen molar-refractivity contribution < 1.29 is 4.42 Å². The Labute approximate surface area is 128 Å². The van der Waals surface area contributed by atoms with Crippen molar-refractivity contribution in [3.63, 3.8) is 0 Å². The molecular weight excluding hydrogens is 326 g/mol. The van der Waals surface area contributed by atoms with Gasteiger partial charge in [0.2, 0.25) is 0 Å². The Balaban J connectivity index is 2.10. The normalized spacial score (nSPS) is 12.0. The maximum Gasteiger partial charge on any atom is 0.137 e. The lowest BCUT2D eigenvalue weighted by Gasteiger charge is -1.93. The van der Waals surface area contributed by atoms with E-state index >= 15 is 0 Å². The zero-order valence-electron chi connectivity index (χ0n) is 11.0. The number of hydrogen-bond acceptors (Lipinski definition) is 1. The van der Waals surface area contributed by atoms with Crippen LogP contribution in [0.2, 0.25) is 0 Å². The summed E-state index contributed by atoms with van der Waals surface area (Å²) in [4.78, 5) is 3.55. The summed E-state index contributed by atoms with van der Waals surface area (Å²) in [6, 6.07) is 18.7. The second-order valence-corrected chi connectivity index (χ2v) is 6.19. The van der Waals surface area contributed by atoms with Crippen molar-refractivity contribution in [3.05, 3.63) is 59.1 Å². The third kappa shape index (κ3) is 1.47. The topological polar surface area (TPSA) is 28.9 Å². The van der Waals surface area contributed by atoms with Crippen molar-refractivity contribution in [3.8, 4) is 0 Å². The van der Waals surface area contributed by atoms with Crippen LogP contribution in [0, 0.1) is 0 Å². The predicted molar refractivity (Wildman–Crippen MR) is 90.8 cm³/mol. The number of fused-ring (bicyclic) bond motifs is 7. The molecule has 0 amide bonds. The summed E-state index contributed by atoms with van der Waals surface area (Å²) < 4.78 is 7.03. The Morgan fingerprint density at radius 2 is 1.67 bits per heavy atom. The molecule has 0 aliphatic heterocycles. The van der Waals surface area contributed by atoms with Crippen LogP contribution in [0.4, 0.5) is 0 Å². The minimum Gasteiger partial charge on any atom is -0.456 e. The number of furan rings is 1. The van der Waals surface area contributed by atoms with Gasteiger partial charge in [0, 0.05) is 26.1 Å². The summed E-state index contributed by atoms with van der Waals surface area (Å²) in [7, 11) is 0. The van der Waals surface area contributed by atoms with Gasteiger partial charge in [-0.25, -0.2) is 0 Å². The average molecular weight is 336 g/mol. The van der Waals surface area contributed by atoms with Crippen molar-refractivity contribution in [2.45, 2.75) is 0 Å². The fraction of sp³-hybridized carbons (Fsp3) is 0. The molecule has 0 aliphatic carbocycles. The molecule has 21 heavy (non-hydrogen) atoms. The van der Waals surface area contributed by atoms with E-state index in [2.05, 4.69) is 63.4 Å². The van der Waals surface area contributed by atoms with E-state index in [0.29, 0.717) is 0 Å². The molecule has 0 aliphatic rings. The molecule has 3 heteroatoms. The van der Waals surface area contributed by atoms with Gasteiger partial charge in [-0.05, 0) is 30.3 Å². The number of aromatic nitrogens is 1. The highest BCUT2D eigenvalue weighted by Gasteiger charge is 2.13. The first kappa shape index (κ1) is 11.4. The predicted octanol–water partition coefficient (Wildman–Crippen LogP) is 5.98. The maximum absolute atomic E-state index is 5.95. The quantitative estimate of drug-likeness (QED) is 0.370. The second kappa shape index (κ2) is 3.89. The molecule has 1 N–H and O–H groups in total. The number of halogens is 1. The smallest absolute Gasteiger partial charge is 0.137 e. The van der Waals surface area contributed by atoms with Crippen LogP contribution in [0.15, 0.2) is 63.5 Å². The van der Waals surface area contributed by atoms with E-state index < -0.39 is 0 Å². The zero-order valence-corrected chi connectivity index (χ0v) is 12.6. The second-order valence-electron chi connectivity index (χ2n) is 5.27. The summed E-state index contributed by atoms with van der Waals surface area (Å²) in [5, 5.41) is 4.79. The number of H-pyrrole nitrogens is 1. The summed E-state index contributed by atoms with van der Waals surface area (Å²) in [5.41, 5.74) is 4.14. The van der Waals surface area contributed by atoms with E-state index in [4.69, 9.17) is 4.42 Å². The lowest BCUT2D eigenvalue weighted by atomic mass is 10.1. The lowest BCUT2D eigenvalue weighted by Crippen LogP contribution is -1.71. The molecule has 100 valence electrons. The molecule has 5 rings (SSSR count). The number of benzene rings is 3. The Morgan fingerprint density at radius 3 is 2.62 bits per heavy atom. The SMILES string of the molecule is Brc1ccc2c(c1)[nH]c1c2ccc2oc3ccccc3c21. The van der Waals surface area contributed by atoms with Gasteiger partial charge in [0.25, 0.3) is 0 Å². The lowest BCUT2D eigenvalue weighted by molar-refractivity contribution is 0.669. The molecule has 2 nitrogen and oxygen atoms in total. The first-order chi connectivity index (χ1) is 10.3. The van der Waals surface area contributed by atoms with Crippen molar-refractivity contribution in [1.82, 2.24) is 4.98 Å². The van der Waals surface area contributed by atoms with Gasteiger partial charge >= 0.3 is 0 Å². The monoisotopic (exact) mass is 335 g/mol. The first-order valence-electron chi connectivity index (χ1n) is 6.82. The molecular formula is C18H10BrNO. The Morgan fingerprint density at radius 1 is 0.810 bits per heavy atom. The highest BCUT2D eigenvalue weighted by Crippen LogP contribution is 2.37. The van der Waals surface area contributed by atoms with Crippen molar-refractivity contribution in [1.29, 1.82) is 0 Å². The van der Waals surface area contributed by atoms with E-state index in [1.807, 2.05) is 12.1 Å². The third-order valence-corrected chi connectivity index (χ3v) is 4.57. The van der Waals surface area contributed by atoms with Gasteiger partial charge in [-0.1, -0.05) is 40.2 Å². The van der Waals surface area contributed by atoms with Crippen LogP contribution in [0.3, 0.4) is 0 Å². The van der Waals surface area contributed by atoms with Crippen LogP contribution in [0.25, 0.3) is 43.7 Å². The zero-order chi connectivity index (χ0) is 14.0. The average Bonchev–Trinajstić information content (AvgIpc) is 3.03. The van der Waals surface area contributed by atoms with Crippen LogP contribution in [0.5, 0.6) is 0 Å². The Bertz CT molecular complexity index is 1150. The minimum atomic E-state index is 0.925. The molecule has 0 bridgehead atoms. The van der Waals surface area contributed by atoms with Gasteiger partial charge in [-0.15, -0.1) is 0 Å².